The summed E-state index contributed by atoms with van der Waals surface area (Å²) in [7, 11) is 0. The third-order valence-corrected chi connectivity index (χ3v) is 6.90. The van der Waals surface area contributed by atoms with Gasteiger partial charge in [0.25, 0.3) is 0 Å². The van der Waals surface area contributed by atoms with Crippen LogP contribution in [0.2, 0.25) is 0 Å². The zero-order chi connectivity index (χ0) is 17.3. The summed E-state index contributed by atoms with van der Waals surface area (Å²) in [6.07, 6.45) is 6.86. The summed E-state index contributed by atoms with van der Waals surface area (Å²) in [5.74, 6) is 0.769. The first-order valence-corrected chi connectivity index (χ1v) is 10.6. The van der Waals surface area contributed by atoms with E-state index in [9.17, 15) is 0 Å². The highest BCUT2D eigenvalue weighted by atomic mass is 32.1. The van der Waals surface area contributed by atoms with Crippen molar-refractivity contribution in [2.75, 3.05) is 36.4 Å². The van der Waals surface area contributed by atoms with Crippen molar-refractivity contribution < 1.29 is 0 Å². The van der Waals surface area contributed by atoms with E-state index in [2.05, 4.69) is 38.0 Å². The molecule has 3 saturated heterocycles. The van der Waals surface area contributed by atoms with Crippen molar-refractivity contribution in [1.29, 1.82) is 0 Å². The van der Waals surface area contributed by atoms with Crippen molar-refractivity contribution in [3.8, 4) is 10.6 Å². The van der Waals surface area contributed by atoms with Gasteiger partial charge in [-0.1, -0.05) is 0 Å². The van der Waals surface area contributed by atoms with E-state index < -0.39 is 0 Å². The maximum atomic E-state index is 4.80. The number of piperazine rings is 1. The van der Waals surface area contributed by atoms with Crippen molar-refractivity contribution in [3.05, 3.63) is 24.4 Å². The standard InChI is InChI=1S/C19H26N6S/c1-2-14-12-15(11-13(1)22-14)23-19-21-6-5-16(24-19)17-3-4-18(26-17)25-9-7-20-8-10-25/h3-6,13-15,20,22H,1-2,7-12H2,(H,21,23,24)/t13-,14+,15+. The number of piperidine rings is 1. The summed E-state index contributed by atoms with van der Waals surface area (Å²) in [5, 5.41) is 12.0. The molecule has 2 aromatic rings. The van der Waals surface area contributed by atoms with E-state index >= 15 is 0 Å². The van der Waals surface area contributed by atoms with Gasteiger partial charge < -0.3 is 20.9 Å². The van der Waals surface area contributed by atoms with Crippen molar-refractivity contribution in [3.63, 3.8) is 0 Å². The number of hydrogen-bond acceptors (Lipinski definition) is 7. The van der Waals surface area contributed by atoms with Crippen LogP contribution in [-0.2, 0) is 0 Å². The van der Waals surface area contributed by atoms with Crippen molar-refractivity contribution in [2.45, 2.75) is 43.8 Å². The van der Waals surface area contributed by atoms with Crippen molar-refractivity contribution in [1.82, 2.24) is 20.6 Å². The molecule has 0 unspecified atom stereocenters. The Morgan fingerprint density at radius 3 is 2.69 bits per heavy atom. The molecule has 0 amide bonds. The molecule has 3 atom stereocenters. The van der Waals surface area contributed by atoms with Crippen LogP contribution in [0, 0.1) is 0 Å². The lowest BCUT2D eigenvalue weighted by Crippen LogP contribution is -2.43. The first-order valence-electron chi connectivity index (χ1n) is 9.75. The zero-order valence-corrected chi connectivity index (χ0v) is 15.8. The van der Waals surface area contributed by atoms with Gasteiger partial charge in [-0.3, -0.25) is 0 Å². The van der Waals surface area contributed by atoms with Crippen LogP contribution in [0.4, 0.5) is 10.9 Å². The molecule has 2 aromatic heterocycles. The molecule has 0 saturated carbocycles. The van der Waals surface area contributed by atoms with Gasteiger partial charge in [-0.15, -0.1) is 11.3 Å². The van der Waals surface area contributed by atoms with E-state index in [1.165, 1.54) is 35.6 Å². The molecule has 0 spiro atoms. The van der Waals surface area contributed by atoms with Crippen molar-refractivity contribution >= 4 is 22.3 Å². The number of thiophene rings is 1. The Balaban J connectivity index is 1.29. The number of anilines is 2. The van der Waals surface area contributed by atoms with Gasteiger partial charge in [-0.05, 0) is 43.9 Å². The molecular formula is C19H26N6S. The fraction of sp³-hybridized carbons (Fsp3) is 0.579. The molecule has 3 aliphatic heterocycles. The predicted octanol–water partition coefficient (Wildman–Crippen LogP) is 2.31. The summed E-state index contributed by atoms with van der Waals surface area (Å²) in [6, 6.07) is 8.28. The lowest BCUT2D eigenvalue weighted by Gasteiger charge is -2.29. The maximum Gasteiger partial charge on any atom is 0.223 e. The quantitative estimate of drug-likeness (QED) is 0.768. The lowest BCUT2D eigenvalue weighted by atomic mass is 10.0. The van der Waals surface area contributed by atoms with Crippen LogP contribution in [-0.4, -0.2) is 54.3 Å². The third-order valence-electron chi connectivity index (χ3n) is 5.73. The normalized spacial score (nSPS) is 28.3. The average molecular weight is 371 g/mol. The molecule has 6 nitrogen and oxygen atoms in total. The molecule has 26 heavy (non-hydrogen) atoms. The summed E-state index contributed by atoms with van der Waals surface area (Å²) in [4.78, 5) is 12.9. The minimum absolute atomic E-state index is 0.490. The molecule has 5 heterocycles. The Labute approximate surface area is 158 Å². The molecule has 0 aliphatic carbocycles. The van der Waals surface area contributed by atoms with Crippen LogP contribution in [0.1, 0.15) is 25.7 Å². The summed E-state index contributed by atoms with van der Waals surface area (Å²) in [6.45, 7) is 4.28. The second-order valence-corrected chi connectivity index (χ2v) is 8.65. The number of aromatic nitrogens is 2. The minimum Gasteiger partial charge on any atom is -0.361 e. The molecule has 138 valence electrons. The molecule has 3 fully saturated rings. The van der Waals surface area contributed by atoms with Gasteiger partial charge in [0.15, 0.2) is 0 Å². The number of nitrogens with zero attached hydrogens (tertiary/aromatic N) is 3. The van der Waals surface area contributed by atoms with E-state index in [0.29, 0.717) is 18.1 Å². The van der Waals surface area contributed by atoms with Gasteiger partial charge in [0.1, 0.15) is 0 Å². The van der Waals surface area contributed by atoms with E-state index in [-0.39, 0.29) is 0 Å². The Bertz CT molecular complexity index is 744. The summed E-state index contributed by atoms with van der Waals surface area (Å²) < 4.78 is 0. The minimum atomic E-state index is 0.490. The first kappa shape index (κ1) is 16.5. The Morgan fingerprint density at radius 2 is 1.88 bits per heavy atom. The van der Waals surface area contributed by atoms with Gasteiger partial charge in [-0.25, -0.2) is 9.97 Å². The van der Waals surface area contributed by atoms with Gasteiger partial charge in [0, 0.05) is 50.5 Å². The summed E-state index contributed by atoms with van der Waals surface area (Å²) >= 11 is 1.83. The predicted molar refractivity (Wildman–Crippen MR) is 107 cm³/mol. The maximum absolute atomic E-state index is 4.80. The fourth-order valence-corrected chi connectivity index (χ4v) is 5.47. The van der Waals surface area contributed by atoms with Crippen LogP contribution in [0.3, 0.4) is 0 Å². The smallest absolute Gasteiger partial charge is 0.223 e. The Morgan fingerprint density at radius 1 is 1.08 bits per heavy atom. The van der Waals surface area contributed by atoms with Crippen LogP contribution in [0.15, 0.2) is 24.4 Å². The van der Waals surface area contributed by atoms with Gasteiger partial charge in [0.05, 0.1) is 15.6 Å². The highest BCUT2D eigenvalue weighted by Gasteiger charge is 2.33. The number of rotatable bonds is 4. The van der Waals surface area contributed by atoms with E-state index in [4.69, 9.17) is 4.98 Å². The third kappa shape index (κ3) is 3.43. The molecule has 0 radical (unpaired) electrons. The molecule has 7 heteroatoms. The molecular weight excluding hydrogens is 344 g/mol. The Kier molecular flexibility index (Phi) is 4.52. The fourth-order valence-electron chi connectivity index (χ4n) is 4.44. The first-order chi connectivity index (χ1) is 12.8. The number of fused-ring (bicyclic) bond motifs is 2. The molecule has 3 N–H and O–H groups in total. The molecule has 5 rings (SSSR count). The summed E-state index contributed by atoms with van der Waals surface area (Å²) in [5.41, 5.74) is 1.02. The number of nitrogens with one attached hydrogen (secondary N) is 3. The highest BCUT2D eigenvalue weighted by Crippen LogP contribution is 2.33. The number of hydrogen-bond donors (Lipinski definition) is 3. The van der Waals surface area contributed by atoms with Crippen LogP contribution in [0.25, 0.3) is 10.6 Å². The topological polar surface area (TPSA) is 65.1 Å². The highest BCUT2D eigenvalue weighted by molar-refractivity contribution is 7.19. The lowest BCUT2D eigenvalue weighted by molar-refractivity contribution is 0.377. The van der Waals surface area contributed by atoms with Crippen LogP contribution >= 0.6 is 11.3 Å². The molecule has 0 aromatic carbocycles. The average Bonchev–Trinajstić information content (AvgIpc) is 3.30. The van der Waals surface area contributed by atoms with E-state index in [1.807, 2.05) is 23.6 Å². The van der Waals surface area contributed by atoms with E-state index in [1.54, 1.807) is 0 Å². The van der Waals surface area contributed by atoms with Gasteiger partial charge in [0.2, 0.25) is 5.95 Å². The van der Waals surface area contributed by atoms with Gasteiger partial charge in [-0.2, -0.15) is 0 Å². The second kappa shape index (κ2) is 7.13. The van der Waals surface area contributed by atoms with Crippen LogP contribution in [0.5, 0.6) is 0 Å². The largest absolute Gasteiger partial charge is 0.361 e. The second-order valence-electron chi connectivity index (χ2n) is 7.59. The zero-order valence-electron chi connectivity index (χ0n) is 14.9. The van der Waals surface area contributed by atoms with E-state index in [0.717, 1.165) is 37.8 Å². The molecule has 2 bridgehead atoms. The SMILES string of the molecule is c1cc(-c2ccc(N3CCNCC3)s2)nc(N[C@H]2C[C@H]3CC[C@@H](C2)N3)n1. The Hall–Kier alpha value is -1.70. The van der Waals surface area contributed by atoms with Crippen LogP contribution < -0.4 is 20.9 Å². The monoisotopic (exact) mass is 370 g/mol. The van der Waals surface area contributed by atoms with Crippen molar-refractivity contribution in [2.24, 2.45) is 0 Å². The van der Waals surface area contributed by atoms with Gasteiger partial charge >= 0.3 is 0 Å². The molecule has 3 aliphatic rings.